The largest absolute Gasteiger partial charge is 0.459 e. The normalized spacial score (nSPS) is 10.7. The molecule has 0 aliphatic rings. The molecule has 2 rings (SSSR count). The maximum absolute atomic E-state index is 13.0. The lowest BCUT2D eigenvalue weighted by Gasteiger charge is -2.25. The third kappa shape index (κ3) is 6.43. The number of amides is 1. The molecule has 8 heteroatoms. The van der Waals surface area contributed by atoms with E-state index in [1.54, 1.807) is 45.0 Å². The summed E-state index contributed by atoms with van der Waals surface area (Å²) in [6.45, 7) is 5.02. The molecule has 0 bridgehead atoms. The van der Waals surface area contributed by atoms with Crippen molar-refractivity contribution < 1.29 is 19.2 Å². The standard InChI is InChI=1S/C21H21N3O5/c1-21(2,3)29-19(25)14-23(13-16-6-4-15(12-22)5-7-16)20(26)17-8-10-18(11-9-17)24(27)28/h4-11H,13-14H2,1-3H3. The Bertz CT molecular complexity index is 938. The highest BCUT2D eigenvalue weighted by atomic mass is 16.6. The van der Waals surface area contributed by atoms with Crippen LogP contribution in [0.15, 0.2) is 48.5 Å². The van der Waals surface area contributed by atoms with Gasteiger partial charge in [0.05, 0.1) is 16.6 Å². The van der Waals surface area contributed by atoms with Crippen molar-refractivity contribution in [2.24, 2.45) is 0 Å². The summed E-state index contributed by atoms with van der Waals surface area (Å²) in [5, 5.41) is 19.7. The van der Waals surface area contributed by atoms with Crippen LogP contribution in [0.1, 0.15) is 42.3 Å². The van der Waals surface area contributed by atoms with Crippen LogP contribution in [0.25, 0.3) is 0 Å². The van der Waals surface area contributed by atoms with E-state index >= 15 is 0 Å². The Labute approximate surface area is 168 Å². The van der Waals surface area contributed by atoms with Crippen LogP contribution < -0.4 is 0 Å². The number of ether oxygens (including phenoxy) is 1. The zero-order valence-electron chi connectivity index (χ0n) is 16.4. The lowest BCUT2D eigenvalue weighted by molar-refractivity contribution is -0.384. The van der Waals surface area contributed by atoms with Crippen molar-refractivity contribution in [2.75, 3.05) is 6.54 Å². The lowest BCUT2D eigenvalue weighted by atomic mass is 10.1. The lowest BCUT2D eigenvalue weighted by Crippen LogP contribution is -2.38. The van der Waals surface area contributed by atoms with Crippen LogP contribution in [0.4, 0.5) is 5.69 Å². The number of non-ortho nitro benzene ring substituents is 1. The molecule has 0 N–H and O–H groups in total. The molecule has 0 aliphatic heterocycles. The van der Waals surface area contributed by atoms with Crippen molar-refractivity contribution in [3.63, 3.8) is 0 Å². The molecule has 0 aliphatic carbocycles. The maximum atomic E-state index is 13.0. The minimum Gasteiger partial charge on any atom is -0.459 e. The number of carbonyl (C=O) groups excluding carboxylic acids is 2. The molecular weight excluding hydrogens is 374 g/mol. The number of hydrogen-bond acceptors (Lipinski definition) is 6. The molecule has 0 spiro atoms. The Morgan fingerprint density at radius 2 is 1.69 bits per heavy atom. The maximum Gasteiger partial charge on any atom is 0.326 e. The Kier molecular flexibility index (Phi) is 6.67. The number of nitrogens with zero attached hydrogens (tertiary/aromatic N) is 3. The summed E-state index contributed by atoms with van der Waals surface area (Å²) in [5.74, 6) is -1.03. The van der Waals surface area contributed by atoms with Crippen molar-refractivity contribution in [3.8, 4) is 6.07 Å². The van der Waals surface area contributed by atoms with Gasteiger partial charge in [-0.15, -0.1) is 0 Å². The third-order valence-corrected chi connectivity index (χ3v) is 3.81. The number of carbonyl (C=O) groups is 2. The highest BCUT2D eigenvalue weighted by Gasteiger charge is 2.24. The van der Waals surface area contributed by atoms with E-state index in [9.17, 15) is 19.7 Å². The van der Waals surface area contributed by atoms with Gasteiger partial charge in [0.25, 0.3) is 11.6 Å². The summed E-state index contributed by atoms with van der Waals surface area (Å²) in [4.78, 5) is 36.8. The van der Waals surface area contributed by atoms with Crippen LogP contribution in [0.3, 0.4) is 0 Å². The number of hydrogen-bond donors (Lipinski definition) is 0. The smallest absolute Gasteiger partial charge is 0.326 e. The number of esters is 1. The van der Waals surface area contributed by atoms with E-state index in [2.05, 4.69) is 0 Å². The van der Waals surface area contributed by atoms with Crippen molar-refractivity contribution >= 4 is 17.6 Å². The summed E-state index contributed by atoms with van der Waals surface area (Å²) < 4.78 is 5.31. The van der Waals surface area contributed by atoms with Crippen molar-refractivity contribution in [1.82, 2.24) is 4.90 Å². The number of nitriles is 1. The van der Waals surface area contributed by atoms with Crippen molar-refractivity contribution in [2.45, 2.75) is 32.9 Å². The van der Waals surface area contributed by atoms with Crippen molar-refractivity contribution in [1.29, 1.82) is 5.26 Å². The van der Waals surface area contributed by atoms with E-state index in [1.165, 1.54) is 29.2 Å². The van der Waals surface area contributed by atoms with Crippen molar-refractivity contribution in [3.05, 3.63) is 75.3 Å². The average Bonchev–Trinajstić information content (AvgIpc) is 2.66. The van der Waals surface area contributed by atoms with Gasteiger partial charge < -0.3 is 9.64 Å². The van der Waals surface area contributed by atoms with Gasteiger partial charge in [-0.2, -0.15) is 5.26 Å². The van der Waals surface area contributed by atoms with Crippen LogP contribution in [0.5, 0.6) is 0 Å². The molecule has 0 unspecified atom stereocenters. The van der Waals surface area contributed by atoms with E-state index in [1.807, 2.05) is 6.07 Å². The molecular formula is C21H21N3O5. The molecule has 1 amide bonds. The molecule has 0 atom stereocenters. The second-order valence-electron chi connectivity index (χ2n) is 7.36. The van der Waals surface area contributed by atoms with Gasteiger partial charge in [0.2, 0.25) is 0 Å². The number of rotatable bonds is 6. The molecule has 0 radical (unpaired) electrons. The summed E-state index contributed by atoms with van der Waals surface area (Å²) in [7, 11) is 0. The average molecular weight is 395 g/mol. The van der Waals surface area contributed by atoms with Crippen LogP contribution in [0, 0.1) is 21.4 Å². The quantitative estimate of drug-likeness (QED) is 0.420. The van der Waals surface area contributed by atoms with Crippen LogP contribution in [-0.2, 0) is 16.1 Å². The predicted octanol–water partition coefficient (Wildman–Crippen LogP) is 3.45. The molecule has 29 heavy (non-hydrogen) atoms. The van der Waals surface area contributed by atoms with Gasteiger partial charge in [0.15, 0.2) is 0 Å². The van der Waals surface area contributed by atoms with Gasteiger partial charge in [-0.1, -0.05) is 12.1 Å². The number of benzene rings is 2. The first-order valence-electron chi connectivity index (χ1n) is 8.83. The highest BCUT2D eigenvalue weighted by molar-refractivity contribution is 5.96. The first-order valence-corrected chi connectivity index (χ1v) is 8.83. The molecule has 0 aromatic heterocycles. The zero-order chi connectivity index (χ0) is 21.6. The van der Waals surface area contributed by atoms with Crippen LogP contribution in [0.2, 0.25) is 0 Å². The minimum atomic E-state index is -0.701. The van der Waals surface area contributed by atoms with Gasteiger partial charge in [-0.05, 0) is 50.6 Å². The second kappa shape index (κ2) is 8.97. The Balaban J connectivity index is 2.26. The van der Waals surface area contributed by atoms with E-state index in [4.69, 9.17) is 10.00 Å². The van der Waals surface area contributed by atoms with E-state index < -0.39 is 22.4 Å². The zero-order valence-corrected chi connectivity index (χ0v) is 16.4. The minimum absolute atomic E-state index is 0.112. The first kappa shape index (κ1) is 21.6. The summed E-state index contributed by atoms with van der Waals surface area (Å²) in [5.41, 5.74) is 0.588. The van der Waals surface area contributed by atoms with Crippen LogP contribution >= 0.6 is 0 Å². The monoisotopic (exact) mass is 395 g/mol. The Morgan fingerprint density at radius 1 is 1.10 bits per heavy atom. The highest BCUT2D eigenvalue weighted by Crippen LogP contribution is 2.16. The topological polar surface area (TPSA) is 114 Å². The SMILES string of the molecule is CC(C)(C)OC(=O)CN(Cc1ccc(C#N)cc1)C(=O)c1ccc([N+](=O)[O-])cc1. The molecule has 0 heterocycles. The van der Waals surface area contributed by atoms with Gasteiger partial charge in [0.1, 0.15) is 12.1 Å². The van der Waals surface area contributed by atoms with Gasteiger partial charge in [0, 0.05) is 24.2 Å². The summed E-state index contributed by atoms with van der Waals surface area (Å²) >= 11 is 0. The summed E-state index contributed by atoms with van der Waals surface area (Å²) in [6, 6.07) is 13.8. The third-order valence-electron chi connectivity index (χ3n) is 3.81. The molecule has 2 aromatic rings. The molecule has 0 saturated heterocycles. The molecule has 2 aromatic carbocycles. The first-order chi connectivity index (χ1) is 13.6. The number of nitro benzene ring substituents is 1. The van der Waals surface area contributed by atoms with Gasteiger partial charge >= 0.3 is 5.97 Å². The summed E-state index contributed by atoms with van der Waals surface area (Å²) in [6.07, 6.45) is 0. The number of nitro groups is 1. The molecule has 8 nitrogen and oxygen atoms in total. The molecule has 150 valence electrons. The van der Waals surface area contributed by atoms with Gasteiger partial charge in [-0.3, -0.25) is 19.7 Å². The fraction of sp³-hybridized carbons (Fsp3) is 0.286. The second-order valence-corrected chi connectivity index (χ2v) is 7.36. The van der Waals surface area contributed by atoms with E-state index in [0.29, 0.717) is 5.56 Å². The fourth-order valence-electron chi connectivity index (χ4n) is 2.54. The molecule has 0 saturated carbocycles. The fourth-order valence-corrected chi connectivity index (χ4v) is 2.54. The van der Waals surface area contributed by atoms with Crippen LogP contribution in [-0.4, -0.2) is 33.8 Å². The van der Waals surface area contributed by atoms with E-state index in [-0.39, 0.29) is 24.3 Å². The predicted molar refractivity (Wildman–Crippen MR) is 105 cm³/mol. The Morgan fingerprint density at radius 3 is 2.17 bits per heavy atom. The Hall–Kier alpha value is -3.73. The van der Waals surface area contributed by atoms with Gasteiger partial charge in [-0.25, -0.2) is 0 Å². The molecule has 0 fully saturated rings. The van der Waals surface area contributed by atoms with E-state index in [0.717, 1.165) is 5.56 Å².